The molecular weight excluding hydrogens is 321 g/mol. The smallest absolute Gasteiger partial charge is 0.417 e. The van der Waals surface area contributed by atoms with Gasteiger partial charge in [-0.3, -0.25) is 0 Å². The van der Waals surface area contributed by atoms with E-state index in [1.807, 2.05) is 0 Å². The Morgan fingerprint density at radius 3 is 2.25 bits per heavy atom. The fourth-order valence-corrected chi connectivity index (χ4v) is 2.38. The van der Waals surface area contributed by atoms with Crippen LogP contribution in [0, 0.1) is 0 Å². The molecule has 0 aliphatic heterocycles. The number of aromatic carboxylic acids is 1. The van der Waals surface area contributed by atoms with E-state index in [1.165, 1.54) is 29.1 Å². The SMILES string of the molecule is O=C(O)c1cn(-c2ccccc2)nc1-c1ccccc1C(F)(F)F. The van der Waals surface area contributed by atoms with Crippen LogP contribution in [0.5, 0.6) is 0 Å². The van der Waals surface area contributed by atoms with E-state index < -0.39 is 17.7 Å². The van der Waals surface area contributed by atoms with Gasteiger partial charge in [0.05, 0.1) is 11.3 Å². The van der Waals surface area contributed by atoms with Crippen molar-refractivity contribution in [2.24, 2.45) is 0 Å². The number of hydrogen-bond acceptors (Lipinski definition) is 2. The molecule has 0 atom stereocenters. The zero-order valence-corrected chi connectivity index (χ0v) is 12.2. The second-order valence-corrected chi connectivity index (χ2v) is 5.02. The first-order valence-electron chi connectivity index (χ1n) is 6.93. The summed E-state index contributed by atoms with van der Waals surface area (Å²) in [4.78, 5) is 11.5. The number of hydrogen-bond donors (Lipinski definition) is 1. The Bertz CT molecular complexity index is 886. The van der Waals surface area contributed by atoms with Gasteiger partial charge in [0, 0.05) is 11.8 Å². The molecule has 0 fully saturated rings. The monoisotopic (exact) mass is 332 g/mol. The molecule has 3 rings (SSSR count). The first kappa shape index (κ1) is 15.8. The number of alkyl halides is 3. The van der Waals surface area contributed by atoms with Gasteiger partial charge in [-0.05, 0) is 18.2 Å². The number of halogens is 3. The van der Waals surface area contributed by atoms with Gasteiger partial charge < -0.3 is 5.11 Å². The zero-order valence-electron chi connectivity index (χ0n) is 12.2. The van der Waals surface area contributed by atoms with Crippen molar-refractivity contribution in [2.45, 2.75) is 6.18 Å². The minimum absolute atomic E-state index is 0.223. The average Bonchev–Trinajstić information content (AvgIpc) is 3.00. The summed E-state index contributed by atoms with van der Waals surface area (Å²) < 4.78 is 40.9. The van der Waals surface area contributed by atoms with Crippen LogP contribution in [-0.2, 0) is 6.18 Å². The Morgan fingerprint density at radius 2 is 1.62 bits per heavy atom. The summed E-state index contributed by atoms with van der Waals surface area (Å²) in [6.45, 7) is 0. The molecule has 0 saturated carbocycles. The molecule has 1 N–H and O–H groups in total. The van der Waals surface area contributed by atoms with Gasteiger partial charge in [-0.2, -0.15) is 18.3 Å². The number of carboxylic acids is 1. The first-order valence-corrected chi connectivity index (χ1v) is 6.93. The Hall–Kier alpha value is -3.09. The van der Waals surface area contributed by atoms with Crippen LogP contribution in [-0.4, -0.2) is 20.9 Å². The molecule has 2 aromatic carbocycles. The first-order chi connectivity index (χ1) is 11.4. The van der Waals surface area contributed by atoms with Crippen molar-refractivity contribution in [3.05, 3.63) is 71.9 Å². The van der Waals surface area contributed by atoms with E-state index >= 15 is 0 Å². The summed E-state index contributed by atoms with van der Waals surface area (Å²) in [6, 6.07) is 13.4. The molecule has 3 aromatic rings. The molecule has 0 saturated heterocycles. The quantitative estimate of drug-likeness (QED) is 0.780. The molecule has 0 bridgehead atoms. The highest BCUT2D eigenvalue weighted by Crippen LogP contribution is 2.37. The molecule has 0 unspecified atom stereocenters. The van der Waals surface area contributed by atoms with Crippen LogP contribution in [0.1, 0.15) is 15.9 Å². The Kier molecular flexibility index (Phi) is 3.84. The Labute approximate surface area is 134 Å². The number of nitrogens with zero attached hydrogens (tertiary/aromatic N) is 2. The lowest BCUT2D eigenvalue weighted by Gasteiger charge is -2.11. The zero-order chi connectivity index (χ0) is 17.3. The minimum Gasteiger partial charge on any atom is -0.478 e. The van der Waals surface area contributed by atoms with Gasteiger partial charge in [0.25, 0.3) is 0 Å². The van der Waals surface area contributed by atoms with Gasteiger partial charge in [0.1, 0.15) is 11.3 Å². The minimum atomic E-state index is -4.61. The van der Waals surface area contributed by atoms with Crippen LogP contribution in [0.4, 0.5) is 13.2 Å². The largest absolute Gasteiger partial charge is 0.478 e. The van der Waals surface area contributed by atoms with Crippen LogP contribution >= 0.6 is 0 Å². The van der Waals surface area contributed by atoms with Crippen molar-refractivity contribution < 1.29 is 23.1 Å². The Balaban J connectivity index is 2.22. The van der Waals surface area contributed by atoms with Gasteiger partial charge >= 0.3 is 12.1 Å². The third-order valence-electron chi connectivity index (χ3n) is 3.45. The fraction of sp³-hybridized carbons (Fsp3) is 0.0588. The topological polar surface area (TPSA) is 55.1 Å². The van der Waals surface area contributed by atoms with Gasteiger partial charge in [0.2, 0.25) is 0 Å². The summed E-state index contributed by atoms with van der Waals surface area (Å²) >= 11 is 0. The van der Waals surface area contributed by atoms with E-state index in [-0.39, 0.29) is 16.8 Å². The summed E-state index contributed by atoms with van der Waals surface area (Å²) in [5.41, 5.74) is -1.16. The van der Waals surface area contributed by atoms with Gasteiger partial charge in [-0.1, -0.05) is 36.4 Å². The number of para-hydroxylation sites is 1. The van der Waals surface area contributed by atoms with Crippen molar-refractivity contribution in [3.63, 3.8) is 0 Å². The normalized spacial score (nSPS) is 11.5. The molecule has 0 aliphatic carbocycles. The molecule has 0 aliphatic rings. The highest BCUT2D eigenvalue weighted by atomic mass is 19.4. The van der Waals surface area contributed by atoms with Gasteiger partial charge in [-0.15, -0.1) is 0 Å². The van der Waals surface area contributed by atoms with Crippen molar-refractivity contribution in [1.29, 1.82) is 0 Å². The maximum absolute atomic E-state index is 13.2. The second-order valence-electron chi connectivity index (χ2n) is 5.02. The molecular formula is C17H11F3N2O2. The standard InChI is InChI=1S/C17H11F3N2O2/c18-17(19,20)14-9-5-4-8-12(14)15-13(16(23)24)10-22(21-15)11-6-2-1-3-7-11/h1-10H,(H,23,24). The lowest BCUT2D eigenvalue weighted by atomic mass is 10.0. The molecule has 4 nitrogen and oxygen atoms in total. The highest BCUT2D eigenvalue weighted by Gasteiger charge is 2.35. The number of aromatic nitrogens is 2. The van der Waals surface area contributed by atoms with Crippen LogP contribution in [0.3, 0.4) is 0 Å². The van der Waals surface area contributed by atoms with Crippen molar-refractivity contribution >= 4 is 5.97 Å². The van der Waals surface area contributed by atoms with Crippen LogP contribution in [0.2, 0.25) is 0 Å². The summed E-state index contributed by atoms with van der Waals surface area (Å²) in [5, 5.41) is 13.4. The van der Waals surface area contributed by atoms with E-state index in [1.54, 1.807) is 30.3 Å². The van der Waals surface area contributed by atoms with E-state index in [9.17, 15) is 23.1 Å². The third-order valence-corrected chi connectivity index (χ3v) is 3.45. The predicted octanol–water partition coefficient (Wildman–Crippen LogP) is 4.26. The number of rotatable bonds is 3. The predicted molar refractivity (Wildman–Crippen MR) is 81.0 cm³/mol. The number of carbonyl (C=O) groups is 1. The molecule has 24 heavy (non-hydrogen) atoms. The van der Waals surface area contributed by atoms with Gasteiger partial charge in [-0.25, -0.2) is 9.48 Å². The van der Waals surface area contributed by atoms with Crippen molar-refractivity contribution in [2.75, 3.05) is 0 Å². The van der Waals surface area contributed by atoms with Gasteiger partial charge in [0.15, 0.2) is 0 Å². The molecule has 1 heterocycles. The lowest BCUT2D eigenvalue weighted by molar-refractivity contribution is -0.137. The highest BCUT2D eigenvalue weighted by molar-refractivity contribution is 5.95. The molecule has 0 amide bonds. The second kappa shape index (κ2) is 5.84. The van der Waals surface area contributed by atoms with Crippen molar-refractivity contribution in [3.8, 4) is 16.9 Å². The lowest BCUT2D eigenvalue weighted by Crippen LogP contribution is -2.08. The van der Waals surface area contributed by atoms with Crippen LogP contribution in [0.15, 0.2) is 60.8 Å². The van der Waals surface area contributed by atoms with E-state index in [4.69, 9.17) is 0 Å². The van der Waals surface area contributed by atoms with E-state index in [0.717, 1.165) is 6.07 Å². The molecule has 7 heteroatoms. The number of benzene rings is 2. The van der Waals surface area contributed by atoms with Crippen LogP contribution in [0.25, 0.3) is 16.9 Å². The maximum Gasteiger partial charge on any atom is 0.417 e. The van der Waals surface area contributed by atoms with E-state index in [2.05, 4.69) is 5.10 Å². The summed E-state index contributed by atoms with van der Waals surface area (Å²) in [6.07, 6.45) is -3.40. The Morgan fingerprint density at radius 1 is 1.00 bits per heavy atom. The maximum atomic E-state index is 13.2. The molecule has 1 aromatic heterocycles. The summed E-state index contributed by atoms with van der Waals surface area (Å²) in [7, 11) is 0. The molecule has 0 radical (unpaired) electrons. The fourth-order valence-electron chi connectivity index (χ4n) is 2.38. The molecule has 122 valence electrons. The number of carboxylic acid groups (broad SMARTS) is 1. The average molecular weight is 332 g/mol. The van der Waals surface area contributed by atoms with Crippen LogP contribution < -0.4 is 0 Å². The van der Waals surface area contributed by atoms with E-state index in [0.29, 0.717) is 5.69 Å². The summed E-state index contributed by atoms with van der Waals surface area (Å²) in [5.74, 6) is -1.34. The molecule has 0 spiro atoms. The van der Waals surface area contributed by atoms with Crippen molar-refractivity contribution in [1.82, 2.24) is 9.78 Å². The third kappa shape index (κ3) is 2.88.